The van der Waals surface area contributed by atoms with Crippen LogP contribution in [-0.2, 0) is 0 Å². The van der Waals surface area contributed by atoms with Gasteiger partial charge in [0.05, 0.1) is 5.69 Å². The molecule has 1 fully saturated rings. The second-order valence-corrected chi connectivity index (χ2v) is 8.47. The van der Waals surface area contributed by atoms with Gasteiger partial charge in [0.2, 0.25) is 0 Å². The van der Waals surface area contributed by atoms with E-state index in [1.165, 1.54) is 10.7 Å². The third kappa shape index (κ3) is 3.98. The minimum absolute atomic E-state index is 0.0357. The standard InChI is InChI=1S/C26H24N4O4/c1-17-7-8-20(15-18(17)2)30-24(31)10-9-23(27-30)28-11-13-29(14-12-28)25(32)21-16-19-5-3-4-6-22(19)34-26(21)33/h3-10,15-16H,11-14H2,1-2H3. The fourth-order valence-corrected chi connectivity index (χ4v) is 4.13. The first kappa shape index (κ1) is 21.6. The van der Waals surface area contributed by atoms with Crippen LogP contribution in [0.3, 0.4) is 0 Å². The van der Waals surface area contributed by atoms with Crippen LogP contribution in [0.5, 0.6) is 0 Å². The summed E-state index contributed by atoms with van der Waals surface area (Å²) in [6.45, 7) is 5.94. The first-order valence-electron chi connectivity index (χ1n) is 11.2. The molecule has 1 aliphatic heterocycles. The van der Waals surface area contributed by atoms with Gasteiger partial charge in [-0.15, -0.1) is 5.10 Å². The van der Waals surface area contributed by atoms with Crippen LogP contribution < -0.4 is 16.1 Å². The number of aryl methyl sites for hydroxylation is 2. The van der Waals surface area contributed by atoms with E-state index in [4.69, 9.17) is 4.42 Å². The number of hydrogen-bond donors (Lipinski definition) is 0. The molecule has 0 unspecified atom stereocenters. The summed E-state index contributed by atoms with van der Waals surface area (Å²) in [6.07, 6.45) is 0. The van der Waals surface area contributed by atoms with Crippen molar-refractivity contribution in [2.45, 2.75) is 13.8 Å². The summed E-state index contributed by atoms with van der Waals surface area (Å²) in [4.78, 5) is 41.6. The number of aromatic nitrogens is 2. The molecule has 1 saturated heterocycles. The number of amides is 1. The van der Waals surface area contributed by atoms with E-state index in [1.54, 1.807) is 29.2 Å². The van der Waals surface area contributed by atoms with Gasteiger partial charge in [-0.05, 0) is 55.3 Å². The van der Waals surface area contributed by atoms with Crippen molar-refractivity contribution in [3.8, 4) is 5.69 Å². The molecule has 0 aliphatic carbocycles. The summed E-state index contributed by atoms with van der Waals surface area (Å²) in [5, 5.41) is 5.29. The Labute approximate surface area is 195 Å². The van der Waals surface area contributed by atoms with Gasteiger partial charge < -0.3 is 14.2 Å². The van der Waals surface area contributed by atoms with E-state index in [-0.39, 0.29) is 17.0 Å². The molecule has 1 aliphatic rings. The molecule has 0 saturated carbocycles. The summed E-state index contributed by atoms with van der Waals surface area (Å²) in [6, 6.07) is 17.7. The number of benzene rings is 2. The van der Waals surface area contributed by atoms with Crippen LogP contribution in [0.15, 0.2) is 74.7 Å². The minimum Gasteiger partial charge on any atom is -0.422 e. The highest BCUT2D eigenvalue weighted by molar-refractivity contribution is 5.96. The molecule has 1 amide bonds. The Bertz CT molecular complexity index is 1510. The average Bonchev–Trinajstić information content (AvgIpc) is 2.85. The Balaban J connectivity index is 1.34. The first-order valence-corrected chi connectivity index (χ1v) is 11.2. The lowest BCUT2D eigenvalue weighted by atomic mass is 10.1. The van der Waals surface area contributed by atoms with E-state index in [0.29, 0.717) is 48.7 Å². The predicted molar refractivity (Wildman–Crippen MR) is 130 cm³/mol. The van der Waals surface area contributed by atoms with Crippen molar-refractivity contribution in [3.63, 3.8) is 0 Å². The molecule has 0 bridgehead atoms. The molecular weight excluding hydrogens is 432 g/mol. The zero-order valence-electron chi connectivity index (χ0n) is 19.0. The molecule has 2 aromatic carbocycles. The second kappa shape index (κ2) is 8.62. The Hall–Kier alpha value is -4.20. The topological polar surface area (TPSA) is 88.7 Å². The number of para-hydroxylation sites is 1. The molecule has 0 spiro atoms. The maximum absolute atomic E-state index is 13.0. The molecule has 2 aromatic heterocycles. The SMILES string of the molecule is Cc1ccc(-n2nc(N3CCN(C(=O)c4cc5ccccc5oc4=O)CC3)ccc2=O)cc1C. The average molecular weight is 457 g/mol. The number of carbonyl (C=O) groups is 1. The van der Waals surface area contributed by atoms with Gasteiger partial charge in [-0.25, -0.2) is 4.79 Å². The van der Waals surface area contributed by atoms with Gasteiger partial charge in [-0.3, -0.25) is 9.59 Å². The monoisotopic (exact) mass is 456 g/mol. The molecule has 8 heteroatoms. The van der Waals surface area contributed by atoms with Crippen molar-refractivity contribution in [2.75, 3.05) is 31.1 Å². The lowest BCUT2D eigenvalue weighted by Crippen LogP contribution is -2.50. The van der Waals surface area contributed by atoms with E-state index in [0.717, 1.165) is 11.1 Å². The van der Waals surface area contributed by atoms with Gasteiger partial charge in [0.1, 0.15) is 17.0 Å². The zero-order valence-corrected chi connectivity index (χ0v) is 19.0. The molecule has 4 aromatic rings. The maximum atomic E-state index is 13.0. The minimum atomic E-state index is -0.631. The smallest absolute Gasteiger partial charge is 0.349 e. The lowest BCUT2D eigenvalue weighted by molar-refractivity contribution is 0.0742. The van der Waals surface area contributed by atoms with Gasteiger partial charge in [0, 0.05) is 37.6 Å². The van der Waals surface area contributed by atoms with Crippen molar-refractivity contribution in [1.29, 1.82) is 0 Å². The van der Waals surface area contributed by atoms with Crippen molar-refractivity contribution in [1.82, 2.24) is 14.7 Å². The number of piperazine rings is 1. The Morgan fingerprint density at radius 2 is 1.65 bits per heavy atom. The Kier molecular flexibility index (Phi) is 5.49. The molecular formula is C26H24N4O4. The summed E-state index contributed by atoms with van der Waals surface area (Å²) in [5.74, 6) is 0.322. The van der Waals surface area contributed by atoms with Gasteiger partial charge >= 0.3 is 5.63 Å². The zero-order chi connectivity index (χ0) is 23.8. The largest absolute Gasteiger partial charge is 0.422 e. The lowest BCUT2D eigenvalue weighted by Gasteiger charge is -2.35. The van der Waals surface area contributed by atoms with Gasteiger partial charge in [0.15, 0.2) is 0 Å². The molecule has 8 nitrogen and oxygen atoms in total. The van der Waals surface area contributed by atoms with Crippen LogP contribution in [0.2, 0.25) is 0 Å². The van der Waals surface area contributed by atoms with Crippen molar-refractivity contribution < 1.29 is 9.21 Å². The molecule has 34 heavy (non-hydrogen) atoms. The Morgan fingerprint density at radius 3 is 2.41 bits per heavy atom. The molecule has 172 valence electrons. The van der Waals surface area contributed by atoms with Crippen LogP contribution in [-0.4, -0.2) is 46.8 Å². The van der Waals surface area contributed by atoms with Crippen LogP contribution in [0.25, 0.3) is 16.7 Å². The van der Waals surface area contributed by atoms with E-state index >= 15 is 0 Å². The van der Waals surface area contributed by atoms with Crippen molar-refractivity contribution in [3.05, 3.63) is 98.1 Å². The van der Waals surface area contributed by atoms with Crippen LogP contribution >= 0.6 is 0 Å². The number of rotatable bonds is 3. The molecule has 0 N–H and O–H groups in total. The Morgan fingerprint density at radius 1 is 0.882 bits per heavy atom. The second-order valence-electron chi connectivity index (χ2n) is 8.47. The third-order valence-electron chi connectivity index (χ3n) is 6.28. The normalized spacial score (nSPS) is 13.9. The number of fused-ring (bicyclic) bond motifs is 1. The highest BCUT2D eigenvalue weighted by atomic mass is 16.4. The fourth-order valence-electron chi connectivity index (χ4n) is 4.13. The molecule has 0 atom stereocenters. The predicted octanol–water partition coefficient (Wildman–Crippen LogP) is 2.92. The number of carbonyl (C=O) groups excluding carboxylic acids is 1. The van der Waals surface area contributed by atoms with E-state index < -0.39 is 5.63 Å². The number of anilines is 1. The van der Waals surface area contributed by atoms with Crippen molar-refractivity contribution in [2.24, 2.45) is 0 Å². The van der Waals surface area contributed by atoms with Gasteiger partial charge in [0.25, 0.3) is 11.5 Å². The van der Waals surface area contributed by atoms with Crippen LogP contribution in [0, 0.1) is 13.8 Å². The summed E-state index contributed by atoms with van der Waals surface area (Å²) in [7, 11) is 0. The highest BCUT2D eigenvalue weighted by Gasteiger charge is 2.26. The quantitative estimate of drug-likeness (QED) is 0.441. The summed E-state index contributed by atoms with van der Waals surface area (Å²) < 4.78 is 6.72. The molecule has 0 radical (unpaired) electrons. The highest BCUT2D eigenvalue weighted by Crippen LogP contribution is 2.18. The van der Waals surface area contributed by atoms with Gasteiger partial charge in [-0.1, -0.05) is 24.3 Å². The maximum Gasteiger partial charge on any atom is 0.349 e. The van der Waals surface area contributed by atoms with E-state index in [9.17, 15) is 14.4 Å². The van der Waals surface area contributed by atoms with Crippen molar-refractivity contribution >= 4 is 22.7 Å². The fraction of sp³-hybridized carbons (Fsp3) is 0.231. The van der Waals surface area contributed by atoms with Crippen LogP contribution in [0.4, 0.5) is 5.82 Å². The third-order valence-corrected chi connectivity index (χ3v) is 6.28. The number of nitrogens with zero attached hydrogens (tertiary/aromatic N) is 4. The van der Waals surface area contributed by atoms with E-state index in [2.05, 4.69) is 5.10 Å². The van der Waals surface area contributed by atoms with Gasteiger partial charge in [-0.2, -0.15) is 4.68 Å². The summed E-state index contributed by atoms with van der Waals surface area (Å²) >= 11 is 0. The molecule has 5 rings (SSSR count). The molecule has 3 heterocycles. The summed E-state index contributed by atoms with van der Waals surface area (Å²) in [5.41, 5.74) is 2.60. The van der Waals surface area contributed by atoms with E-state index in [1.807, 2.05) is 49.1 Å². The first-order chi connectivity index (χ1) is 16.4. The van der Waals surface area contributed by atoms with Crippen LogP contribution in [0.1, 0.15) is 21.5 Å². The number of hydrogen-bond acceptors (Lipinski definition) is 6.